The average Bonchev–Trinajstić information content (AvgIpc) is 3.48. The number of hydrogen-bond acceptors (Lipinski definition) is 7. The molecule has 0 saturated carbocycles. The van der Waals surface area contributed by atoms with Crippen molar-refractivity contribution in [1.82, 2.24) is 19.7 Å². The summed E-state index contributed by atoms with van der Waals surface area (Å²) in [6.07, 6.45) is 3.73. The minimum Gasteiger partial charge on any atom is -0.485 e. The highest BCUT2D eigenvalue weighted by molar-refractivity contribution is 5.80. The average molecular weight is 595 g/mol. The maximum atomic E-state index is 14.2. The van der Waals surface area contributed by atoms with Gasteiger partial charge in [-0.05, 0) is 67.6 Å². The Kier molecular flexibility index (Phi) is 9.25. The Hall–Kier alpha value is -4.76. The van der Waals surface area contributed by atoms with Crippen LogP contribution in [-0.4, -0.2) is 37.0 Å². The molecule has 44 heavy (non-hydrogen) atoms. The van der Waals surface area contributed by atoms with Crippen molar-refractivity contribution in [2.45, 2.75) is 65.4 Å². The number of rotatable bonds is 12. The van der Waals surface area contributed by atoms with Crippen molar-refractivity contribution in [2.24, 2.45) is 0 Å². The number of aliphatic hydroxyl groups is 1. The number of nitrogens with zero attached hydrogens (tertiary/aromatic N) is 3. The number of hydrogen-bond donors (Lipinski definition) is 2. The Bertz CT molecular complexity index is 1830. The molecule has 0 saturated heterocycles. The van der Waals surface area contributed by atoms with E-state index in [2.05, 4.69) is 17.1 Å². The van der Waals surface area contributed by atoms with Gasteiger partial charge in [-0.3, -0.25) is 18.9 Å². The number of nitrogens with one attached hydrogen (secondary N) is 1. The summed E-state index contributed by atoms with van der Waals surface area (Å²) in [5.74, 6) is 1.09. The van der Waals surface area contributed by atoms with Crippen LogP contribution in [0.15, 0.2) is 86.9 Å². The van der Waals surface area contributed by atoms with E-state index in [9.17, 15) is 14.7 Å². The summed E-state index contributed by atoms with van der Waals surface area (Å²) in [5, 5.41) is 13.4. The summed E-state index contributed by atoms with van der Waals surface area (Å²) in [7, 11) is 0. The predicted molar refractivity (Wildman–Crippen MR) is 170 cm³/mol. The lowest BCUT2D eigenvalue weighted by Gasteiger charge is -2.24. The molecule has 9 heteroatoms. The number of H-pyrrole nitrogens is 1. The lowest BCUT2D eigenvalue weighted by Crippen LogP contribution is -2.32. The van der Waals surface area contributed by atoms with Crippen molar-refractivity contribution < 1.29 is 14.4 Å². The molecule has 3 aromatic carbocycles. The molecule has 0 aliphatic rings. The standard InChI is InChI=1S/C35H38N4O5/c1-5-7-12-30-29(33(41)39(31(6-2)36-30)25-17-19-26(20-18-25)43-35(3,4)22-40)21-23-13-15-24(16-14-23)27-10-8-9-11-28(27)32-37-34(42)44-38-32/h8-11,13-20,40H,5-7,12,21-22H2,1-4H3,(H,37,38,42). The summed E-state index contributed by atoms with van der Waals surface area (Å²) in [6, 6.07) is 23.1. The van der Waals surface area contributed by atoms with Crippen molar-refractivity contribution in [3.05, 3.63) is 116 Å². The number of ether oxygens (including phenoxy) is 1. The van der Waals surface area contributed by atoms with Crippen molar-refractivity contribution in [3.8, 4) is 34.0 Å². The van der Waals surface area contributed by atoms with Gasteiger partial charge in [0, 0.05) is 24.0 Å². The first-order chi connectivity index (χ1) is 21.2. The van der Waals surface area contributed by atoms with E-state index in [1.54, 1.807) is 4.57 Å². The van der Waals surface area contributed by atoms with Crippen molar-refractivity contribution in [1.29, 1.82) is 0 Å². The Morgan fingerprint density at radius 1 is 0.955 bits per heavy atom. The summed E-state index contributed by atoms with van der Waals surface area (Å²) in [4.78, 5) is 33.4. The van der Waals surface area contributed by atoms with Crippen LogP contribution in [0.4, 0.5) is 0 Å². The zero-order valence-electron chi connectivity index (χ0n) is 25.6. The topological polar surface area (TPSA) is 123 Å². The molecule has 0 aliphatic heterocycles. The zero-order chi connectivity index (χ0) is 31.3. The molecule has 2 N–H and O–H groups in total. The third-order valence-corrected chi connectivity index (χ3v) is 7.55. The molecule has 9 nitrogen and oxygen atoms in total. The third kappa shape index (κ3) is 6.73. The summed E-state index contributed by atoms with van der Waals surface area (Å²) < 4.78 is 12.3. The van der Waals surface area contributed by atoms with Crippen LogP contribution in [0.3, 0.4) is 0 Å². The molecule has 5 rings (SSSR count). The van der Waals surface area contributed by atoms with E-state index in [-0.39, 0.29) is 12.2 Å². The fourth-order valence-corrected chi connectivity index (χ4v) is 5.19. The van der Waals surface area contributed by atoms with Gasteiger partial charge in [-0.15, -0.1) is 0 Å². The second-order valence-electron chi connectivity index (χ2n) is 11.4. The minimum absolute atomic E-state index is 0.0725. The van der Waals surface area contributed by atoms with Gasteiger partial charge < -0.3 is 9.84 Å². The summed E-state index contributed by atoms with van der Waals surface area (Å²) in [5.41, 5.74) is 5.06. The molecule has 0 aliphatic carbocycles. The van der Waals surface area contributed by atoms with E-state index < -0.39 is 11.4 Å². The van der Waals surface area contributed by atoms with Gasteiger partial charge in [0.25, 0.3) is 5.56 Å². The van der Waals surface area contributed by atoms with Gasteiger partial charge >= 0.3 is 5.76 Å². The molecule has 0 amide bonds. The lowest BCUT2D eigenvalue weighted by molar-refractivity contribution is 0.0412. The minimum atomic E-state index is -0.713. The van der Waals surface area contributed by atoms with E-state index in [1.165, 1.54) is 0 Å². The van der Waals surface area contributed by atoms with Crippen molar-refractivity contribution in [3.63, 3.8) is 0 Å². The van der Waals surface area contributed by atoms with Gasteiger partial charge in [0.2, 0.25) is 0 Å². The highest BCUT2D eigenvalue weighted by Gasteiger charge is 2.20. The van der Waals surface area contributed by atoms with E-state index in [4.69, 9.17) is 14.2 Å². The van der Waals surface area contributed by atoms with Crippen LogP contribution in [0.25, 0.3) is 28.2 Å². The van der Waals surface area contributed by atoms with Crippen LogP contribution in [0, 0.1) is 0 Å². The van der Waals surface area contributed by atoms with Crippen LogP contribution in [0.5, 0.6) is 5.75 Å². The number of benzene rings is 3. The molecule has 0 unspecified atom stereocenters. The first-order valence-corrected chi connectivity index (χ1v) is 15.0. The van der Waals surface area contributed by atoms with Crippen LogP contribution in [0.1, 0.15) is 63.2 Å². The van der Waals surface area contributed by atoms with Crippen molar-refractivity contribution in [2.75, 3.05) is 6.61 Å². The first-order valence-electron chi connectivity index (χ1n) is 15.0. The maximum absolute atomic E-state index is 14.2. The summed E-state index contributed by atoms with van der Waals surface area (Å²) in [6.45, 7) is 7.66. The van der Waals surface area contributed by atoms with Gasteiger partial charge in [-0.2, -0.15) is 0 Å². The van der Waals surface area contributed by atoms with Crippen LogP contribution in [-0.2, 0) is 19.3 Å². The molecular formula is C35H38N4O5. The molecule has 228 valence electrons. The van der Waals surface area contributed by atoms with Gasteiger partial charge in [0.05, 0.1) is 18.0 Å². The van der Waals surface area contributed by atoms with Crippen LogP contribution in [0.2, 0.25) is 0 Å². The number of aromatic nitrogens is 4. The monoisotopic (exact) mass is 594 g/mol. The van der Waals surface area contributed by atoms with E-state index >= 15 is 0 Å². The van der Waals surface area contributed by atoms with Gasteiger partial charge in [-0.25, -0.2) is 9.78 Å². The lowest BCUT2D eigenvalue weighted by atomic mass is 9.96. The van der Waals surface area contributed by atoms with E-state index in [0.717, 1.165) is 52.9 Å². The molecular weight excluding hydrogens is 556 g/mol. The Balaban J connectivity index is 1.50. The second-order valence-corrected chi connectivity index (χ2v) is 11.4. The number of aromatic amines is 1. The highest BCUT2D eigenvalue weighted by atomic mass is 16.5. The van der Waals surface area contributed by atoms with Gasteiger partial charge in [0.1, 0.15) is 17.2 Å². The fraction of sp³-hybridized carbons (Fsp3) is 0.314. The Labute approximate surface area is 256 Å². The largest absolute Gasteiger partial charge is 0.485 e. The number of aliphatic hydroxyl groups excluding tert-OH is 1. The SMILES string of the molecule is CCCCc1nc(CC)n(-c2ccc(OC(C)(C)CO)cc2)c(=O)c1Cc1ccc(-c2ccccc2-c2noc(=O)[nH]2)cc1. The highest BCUT2D eigenvalue weighted by Crippen LogP contribution is 2.30. The smallest absolute Gasteiger partial charge is 0.439 e. The van der Waals surface area contributed by atoms with E-state index in [1.807, 2.05) is 93.6 Å². The van der Waals surface area contributed by atoms with Crippen molar-refractivity contribution >= 4 is 0 Å². The maximum Gasteiger partial charge on any atom is 0.439 e. The normalized spacial score (nSPS) is 11.6. The van der Waals surface area contributed by atoms with Crippen LogP contribution >= 0.6 is 0 Å². The molecule has 5 aromatic rings. The fourth-order valence-electron chi connectivity index (χ4n) is 5.19. The molecule has 0 atom stereocenters. The summed E-state index contributed by atoms with van der Waals surface area (Å²) >= 11 is 0. The van der Waals surface area contributed by atoms with Gasteiger partial charge in [-0.1, -0.05) is 74.0 Å². The molecule has 0 spiro atoms. The Morgan fingerprint density at radius 2 is 1.66 bits per heavy atom. The Morgan fingerprint density at radius 3 is 2.27 bits per heavy atom. The molecule has 0 fully saturated rings. The third-order valence-electron chi connectivity index (χ3n) is 7.55. The molecule has 0 radical (unpaired) electrons. The van der Waals surface area contributed by atoms with Crippen LogP contribution < -0.4 is 16.1 Å². The number of unbranched alkanes of at least 4 members (excludes halogenated alkanes) is 1. The first kappa shape index (κ1) is 30.7. The molecule has 0 bridgehead atoms. The number of aryl methyl sites for hydroxylation is 2. The molecule has 2 heterocycles. The second kappa shape index (κ2) is 13.3. The molecule has 2 aromatic heterocycles. The zero-order valence-corrected chi connectivity index (χ0v) is 25.6. The quantitative estimate of drug-likeness (QED) is 0.185. The predicted octanol–water partition coefficient (Wildman–Crippen LogP) is 5.89. The van der Waals surface area contributed by atoms with E-state index in [0.29, 0.717) is 35.8 Å². The van der Waals surface area contributed by atoms with Gasteiger partial charge in [0.15, 0.2) is 5.82 Å².